The molecule has 0 heterocycles. The molecular formula is C16H10F10N2S. The zero-order valence-corrected chi connectivity index (χ0v) is 14.7. The average molecular weight is 452 g/mol. The monoisotopic (exact) mass is 452 g/mol. The Hall–Kier alpha value is -2.18. The fourth-order valence-corrected chi connectivity index (χ4v) is 2.94. The Labute approximate surface area is 160 Å². The van der Waals surface area contributed by atoms with E-state index in [1.165, 1.54) is 36.4 Å². The molecule has 29 heavy (non-hydrogen) atoms. The molecule has 0 amide bonds. The SMILES string of the molecule is FC(F)(F)CSc1ccc(/C=N/NC(F)(F)C(F)(F)C(F)(F)F)c2ccccc12. The number of rotatable bonds is 6. The molecule has 0 aromatic heterocycles. The van der Waals surface area contributed by atoms with Gasteiger partial charge in [-0.15, -0.1) is 11.8 Å². The first-order valence-corrected chi connectivity index (χ1v) is 8.48. The normalized spacial score (nSPS) is 14.0. The van der Waals surface area contributed by atoms with Crippen LogP contribution < -0.4 is 5.43 Å². The van der Waals surface area contributed by atoms with Crippen LogP contribution in [-0.2, 0) is 0 Å². The zero-order chi connectivity index (χ0) is 22.1. The molecule has 2 aromatic rings. The number of hydrazone groups is 1. The quantitative estimate of drug-likeness (QED) is 0.185. The Balaban J connectivity index is 2.29. The van der Waals surface area contributed by atoms with E-state index in [2.05, 4.69) is 5.10 Å². The molecule has 160 valence electrons. The summed E-state index contributed by atoms with van der Waals surface area (Å²) in [5, 5.41) is 3.29. The van der Waals surface area contributed by atoms with Crippen molar-refractivity contribution in [1.29, 1.82) is 0 Å². The van der Waals surface area contributed by atoms with Crippen LogP contribution in [0.15, 0.2) is 46.4 Å². The lowest BCUT2D eigenvalue weighted by atomic mass is 10.1. The third kappa shape index (κ3) is 5.25. The van der Waals surface area contributed by atoms with E-state index in [4.69, 9.17) is 0 Å². The summed E-state index contributed by atoms with van der Waals surface area (Å²) in [6, 6.07) is 2.48. The lowest BCUT2D eigenvalue weighted by molar-refractivity contribution is -0.361. The van der Waals surface area contributed by atoms with E-state index in [1.54, 1.807) is 0 Å². The van der Waals surface area contributed by atoms with Crippen molar-refractivity contribution in [2.45, 2.75) is 29.2 Å². The van der Waals surface area contributed by atoms with Crippen LogP contribution in [-0.4, -0.2) is 36.3 Å². The Kier molecular flexibility index (Phi) is 6.31. The number of nitrogens with one attached hydrogen (secondary N) is 1. The van der Waals surface area contributed by atoms with E-state index in [9.17, 15) is 43.9 Å². The summed E-state index contributed by atoms with van der Waals surface area (Å²) in [5.41, 5.74) is 0.501. The van der Waals surface area contributed by atoms with Crippen molar-refractivity contribution in [3.63, 3.8) is 0 Å². The van der Waals surface area contributed by atoms with Crippen molar-refractivity contribution in [3.05, 3.63) is 42.0 Å². The van der Waals surface area contributed by atoms with Gasteiger partial charge in [0.2, 0.25) is 0 Å². The van der Waals surface area contributed by atoms with E-state index in [1.807, 2.05) is 0 Å². The summed E-state index contributed by atoms with van der Waals surface area (Å²) in [6.07, 6.45) is -10.4. The fourth-order valence-electron chi connectivity index (χ4n) is 2.12. The second kappa shape index (κ2) is 7.92. The molecule has 2 nitrogen and oxygen atoms in total. The number of fused-ring (bicyclic) bond motifs is 1. The number of thioether (sulfide) groups is 1. The lowest BCUT2D eigenvalue weighted by Crippen LogP contribution is -2.58. The van der Waals surface area contributed by atoms with Gasteiger partial charge in [0.15, 0.2) is 0 Å². The van der Waals surface area contributed by atoms with E-state index in [0.29, 0.717) is 23.4 Å². The fraction of sp³-hybridized carbons (Fsp3) is 0.312. The number of halogens is 10. The van der Waals surface area contributed by atoms with Gasteiger partial charge >= 0.3 is 24.3 Å². The lowest BCUT2D eigenvalue weighted by Gasteiger charge is -2.27. The Morgan fingerprint density at radius 2 is 1.41 bits per heavy atom. The third-order valence-electron chi connectivity index (χ3n) is 3.47. The van der Waals surface area contributed by atoms with Gasteiger partial charge in [0.05, 0.1) is 12.0 Å². The van der Waals surface area contributed by atoms with Gasteiger partial charge in [0, 0.05) is 10.5 Å². The Morgan fingerprint density at radius 1 is 0.828 bits per heavy atom. The summed E-state index contributed by atoms with van der Waals surface area (Å²) in [7, 11) is 0. The van der Waals surface area contributed by atoms with Crippen LogP contribution in [0.2, 0.25) is 0 Å². The van der Waals surface area contributed by atoms with Crippen LogP contribution in [0.1, 0.15) is 5.56 Å². The maximum Gasteiger partial charge on any atom is 0.462 e. The first kappa shape index (κ1) is 23.1. The maximum atomic E-state index is 13.2. The van der Waals surface area contributed by atoms with Crippen molar-refractivity contribution >= 4 is 28.7 Å². The van der Waals surface area contributed by atoms with E-state index in [0.717, 1.165) is 0 Å². The van der Waals surface area contributed by atoms with Crippen molar-refractivity contribution in [2.75, 3.05) is 5.75 Å². The van der Waals surface area contributed by atoms with Gasteiger partial charge in [-0.2, -0.15) is 49.0 Å². The van der Waals surface area contributed by atoms with Gasteiger partial charge in [-0.05, 0) is 16.8 Å². The number of hydrogen-bond acceptors (Lipinski definition) is 3. The van der Waals surface area contributed by atoms with Crippen molar-refractivity contribution in [3.8, 4) is 0 Å². The van der Waals surface area contributed by atoms with Crippen molar-refractivity contribution < 1.29 is 43.9 Å². The standard InChI is InChI=1S/C16H10F10N2S/c17-13(18,19)8-29-12-6-5-9(10-3-1-2-4-11(10)12)7-27-28-16(25,26)14(20,21)15(22,23)24/h1-7,28H,8H2/b27-7+. The molecule has 0 aliphatic rings. The minimum atomic E-state index is -6.51. The van der Waals surface area contributed by atoms with Crippen LogP contribution >= 0.6 is 11.8 Å². The molecule has 0 saturated heterocycles. The summed E-state index contributed by atoms with van der Waals surface area (Å²) in [6.45, 7) is 0. The van der Waals surface area contributed by atoms with Crippen LogP contribution in [0, 0.1) is 0 Å². The van der Waals surface area contributed by atoms with Crippen LogP contribution in [0.4, 0.5) is 43.9 Å². The molecule has 1 N–H and O–H groups in total. The predicted molar refractivity (Wildman–Crippen MR) is 87.4 cm³/mol. The first-order chi connectivity index (χ1) is 13.2. The van der Waals surface area contributed by atoms with Gasteiger partial charge in [0.1, 0.15) is 0 Å². The molecule has 0 bridgehead atoms. The number of alkyl halides is 10. The van der Waals surface area contributed by atoms with Crippen LogP contribution in [0.25, 0.3) is 10.8 Å². The second-order valence-corrected chi connectivity index (χ2v) is 6.64. The van der Waals surface area contributed by atoms with Crippen molar-refractivity contribution in [1.82, 2.24) is 5.43 Å². The molecule has 0 atom stereocenters. The van der Waals surface area contributed by atoms with E-state index < -0.39 is 30.1 Å². The highest BCUT2D eigenvalue weighted by atomic mass is 32.2. The summed E-state index contributed by atoms with van der Waals surface area (Å²) >= 11 is 0.470. The number of hydrogen-bond donors (Lipinski definition) is 1. The topological polar surface area (TPSA) is 24.4 Å². The van der Waals surface area contributed by atoms with Crippen LogP contribution in [0.5, 0.6) is 0 Å². The Bertz CT molecular complexity index is 889. The van der Waals surface area contributed by atoms with Gasteiger partial charge < -0.3 is 0 Å². The first-order valence-electron chi connectivity index (χ1n) is 7.49. The highest BCUT2D eigenvalue weighted by molar-refractivity contribution is 7.99. The number of benzene rings is 2. The van der Waals surface area contributed by atoms with E-state index in [-0.39, 0.29) is 21.2 Å². The van der Waals surface area contributed by atoms with Gasteiger partial charge in [-0.3, -0.25) is 0 Å². The zero-order valence-electron chi connectivity index (χ0n) is 13.9. The molecule has 0 aliphatic heterocycles. The number of nitrogens with zero attached hydrogens (tertiary/aromatic N) is 1. The van der Waals surface area contributed by atoms with E-state index >= 15 is 0 Å². The molecule has 0 saturated carbocycles. The molecule has 0 unspecified atom stereocenters. The summed E-state index contributed by atoms with van der Waals surface area (Å²) < 4.78 is 126. The molecule has 0 radical (unpaired) electrons. The molecule has 2 aromatic carbocycles. The van der Waals surface area contributed by atoms with Gasteiger partial charge in [-0.1, -0.05) is 30.3 Å². The smallest absolute Gasteiger partial charge is 0.242 e. The molecule has 0 fully saturated rings. The third-order valence-corrected chi connectivity index (χ3v) is 4.61. The highest BCUT2D eigenvalue weighted by Crippen LogP contribution is 2.45. The predicted octanol–water partition coefficient (Wildman–Crippen LogP) is 6.21. The molecule has 13 heteroatoms. The summed E-state index contributed by atoms with van der Waals surface area (Å²) in [4.78, 5) is 0.206. The summed E-state index contributed by atoms with van der Waals surface area (Å²) in [5.74, 6) is -7.57. The van der Waals surface area contributed by atoms with Crippen LogP contribution in [0.3, 0.4) is 0 Å². The largest absolute Gasteiger partial charge is 0.462 e. The molecule has 0 spiro atoms. The maximum absolute atomic E-state index is 13.2. The van der Waals surface area contributed by atoms with Gasteiger partial charge in [-0.25, -0.2) is 5.43 Å². The Morgan fingerprint density at radius 3 is 1.97 bits per heavy atom. The van der Waals surface area contributed by atoms with Crippen molar-refractivity contribution in [2.24, 2.45) is 5.10 Å². The molecule has 0 aliphatic carbocycles. The highest BCUT2D eigenvalue weighted by Gasteiger charge is 2.73. The molecule has 2 rings (SSSR count). The minimum Gasteiger partial charge on any atom is -0.242 e. The minimum absolute atomic E-state index is 0.00980. The molecular weight excluding hydrogens is 442 g/mol. The van der Waals surface area contributed by atoms with Gasteiger partial charge in [0.25, 0.3) is 0 Å². The second-order valence-electron chi connectivity index (χ2n) is 5.62. The average Bonchev–Trinajstić information content (AvgIpc) is 2.58.